The molecule has 0 atom stereocenters. The van der Waals surface area contributed by atoms with Crippen LogP contribution in [0.4, 0.5) is 28.8 Å². The highest BCUT2D eigenvalue weighted by molar-refractivity contribution is 6.33. The summed E-state index contributed by atoms with van der Waals surface area (Å²) >= 11 is 6.14. The molecule has 7 heteroatoms. The summed E-state index contributed by atoms with van der Waals surface area (Å²) in [4.78, 5) is 12.6. The zero-order valence-corrected chi connectivity index (χ0v) is 13.2. The van der Waals surface area contributed by atoms with Gasteiger partial charge in [-0.25, -0.2) is 15.0 Å². The number of halogens is 1. The Kier molecular flexibility index (Phi) is 4.25. The minimum absolute atomic E-state index is 0.387. The number of hydrogen-bond acceptors (Lipinski definition) is 6. The van der Waals surface area contributed by atoms with Crippen molar-refractivity contribution in [2.45, 2.75) is 6.92 Å². The van der Waals surface area contributed by atoms with E-state index >= 15 is 0 Å². The average Bonchev–Trinajstić information content (AvgIpc) is 2.55. The number of anilines is 5. The van der Waals surface area contributed by atoms with Crippen molar-refractivity contribution in [1.82, 2.24) is 15.0 Å². The maximum atomic E-state index is 6.16. The van der Waals surface area contributed by atoms with E-state index in [4.69, 9.17) is 17.3 Å². The molecule has 0 unspecified atom stereocenters. The molecule has 6 nitrogen and oxygen atoms in total. The molecule has 2 aromatic heterocycles. The summed E-state index contributed by atoms with van der Waals surface area (Å²) in [5.41, 5.74) is 8.26. The van der Waals surface area contributed by atoms with Crippen molar-refractivity contribution in [2.75, 3.05) is 16.4 Å². The van der Waals surface area contributed by atoms with E-state index in [9.17, 15) is 0 Å². The van der Waals surface area contributed by atoms with E-state index in [0.29, 0.717) is 28.2 Å². The van der Waals surface area contributed by atoms with E-state index in [0.717, 1.165) is 11.3 Å². The highest BCUT2D eigenvalue weighted by Gasteiger charge is 2.11. The van der Waals surface area contributed by atoms with E-state index in [1.54, 1.807) is 12.3 Å². The summed E-state index contributed by atoms with van der Waals surface area (Å²) in [7, 11) is 0. The van der Waals surface area contributed by atoms with Gasteiger partial charge in [-0.15, -0.1) is 0 Å². The second kappa shape index (κ2) is 6.50. The molecule has 0 aliphatic heterocycles. The molecule has 0 amide bonds. The molecule has 0 bridgehead atoms. The molecule has 3 aromatic rings. The van der Waals surface area contributed by atoms with Gasteiger partial charge >= 0.3 is 0 Å². The summed E-state index contributed by atoms with van der Waals surface area (Å²) in [5.74, 6) is 1.65. The molecule has 0 saturated carbocycles. The Balaban J connectivity index is 1.90. The number of nitrogens with zero attached hydrogens (tertiary/aromatic N) is 3. The van der Waals surface area contributed by atoms with Crippen LogP contribution >= 0.6 is 11.6 Å². The SMILES string of the molecule is Cc1cccnc1Nc1ncnc(Nc2ccccc2Cl)c1N. The summed E-state index contributed by atoms with van der Waals surface area (Å²) in [6.45, 7) is 1.95. The van der Waals surface area contributed by atoms with Gasteiger partial charge in [0.2, 0.25) is 0 Å². The Bertz CT molecular complexity index is 771. The topological polar surface area (TPSA) is 88.8 Å². The van der Waals surface area contributed by atoms with Crippen molar-refractivity contribution in [3.63, 3.8) is 0 Å². The van der Waals surface area contributed by atoms with Crippen LogP contribution in [0.25, 0.3) is 0 Å². The lowest BCUT2D eigenvalue weighted by atomic mass is 10.3. The standard InChI is InChI=1S/C16H15ClN6/c1-10-5-4-8-19-14(10)23-16-13(18)15(20-9-21-16)22-12-7-3-2-6-11(12)17/h2-9H,18H2,1H3,(H2,19,20,21,22,23). The van der Waals surface area contributed by atoms with Gasteiger partial charge in [0.15, 0.2) is 11.6 Å². The number of aryl methyl sites for hydroxylation is 1. The Morgan fingerprint density at radius 2 is 1.65 bits per heavy atom. The normalized spacial score (nSPS) is 10.3. The van der Waals surface area contributed by atoms with E-state index in [-0.39, 0.29) is 0 Å². The van der Waals surface area contributed by atoms with Crippen LogP contribution in [-0.2, 0) is 0 Å². The highest BCUT2D eigenvalue weighted by atomic mass is 35.5. The fourth-order valence-electron chi connectivity index (χ4n) is 2.01. The van der Waals surface area contributed by atoms with Gasteiger partial charge < -0.3 is 16.4 Å². The summed E-state index contributed by atoms with van der Waals surface area (Å²) in [5, 5.41) is 6.82. The quantitative estimate of drug-likeness (QED) is 0.673. The number of aromatic nitrogens is 3. The molecular weight excluding hydrogens is 312 g/mol. The average molecular weight is 327 g/mol. The van der Waals surface area contributed by atoms with Crippen LogP contribution in [0.5, 0.6) is 0 Å². The van der Waals surface area contributed by atoms with Gasteiger partial charge in [-0.3, -0.25) is 0 Å². The third kappa shape index (κ3) is 3.32. The van der Waals surface area contributed by atoms with Crippen molar-refractivity contribution >= 4 is 40.4 Å². The molecule has 0 radical (unpaired) electrons. The van der Waals surface area contributed by atoms with Gasteiger partial charge in [-0.05, 0) is 30.7 Å². The highest BCUT2D eigenvalue weighted by Crippen LogP contribution is 2.30. The third-order valence-electron chi connectivity index (χ3n) is 3.26. The van der Waals surface area contributed by atoms with Gasteiger partial charge in [0.25, 0.3) is 0 Å². The third-order valence-corrected chi connectivity index (χ3v) is 3.59. The Labute approximate surface area is 138 Å². The van der Waals surface area contributed by atoms with Crippen LogP contribution in [-0.4, -0.2) is 15.0 Å². The van der Waals surface area contributed by atoms with E-state index < -0.39 is 0 Å². The Morgan fingerprint density at radius 1 is 0.913 bits per heavy atom. The van der Waals surface area contributed by atoms with Crippen molar-refractivity contribution in [2.24, 2.45) is 0 Å². The first-order valence-electron chi connectivity index (χ1n) is 6.96. The minimum Gasteiger partial charge on any atom is -0.393 e. The number of hydrogen-bond donors (Lipinski definition) is 3. The van der Waals surface area contributed by atoms with Crippen LogP contribution in [0.15, 0.2) is 48.9 Å². The van der Waals surface area contributed by atoms with Gasteiger partial charge in [0.05, 0.1) is 10.7 Å². The van der Waals surface area contributed by atoms with E-state index in [1.807, 2.05) is 37.3 Å². The molecule has 4 N–H and O–H groups in total. The first-order chi connectivity index (χ1) is 11.1. The van der Waals surface area contributed by atoms with Crippen LogP contribution in [0.2, 0.25) is 5.02 Å². The molecule has 0 aliphatic rings. The van der Waals surface area contributed by atoms with E-state index in [1.165, 1.54) is 6.33 Å². The molecule has 0 fully saturated rings. The number of nitrogens with two attached hydrogens (primary N) is 1. The van der Waals surface area contributed by atoms with Crippen LogP contribution in [0, 0.1) is 6.92 Å². The van der Waals surface area contributed by atoms with Crippen molar-refractivity contribution in [3.8, 4) is 0 Å². The number of para-hydroxylation sites is 1. The van der Waals surface area contributed by atoms with Crippen LogP contribution in [0.1, 0.15) is 5.56 Å². The second-order valence-corrected chi connectivity index (χ2v) is 5.29. The number of rotatable bonds is 4. The second-order valence-electron chi connectivity index (χ2n) is 4.88. The van der Waals surface area contributed by atoms with Crippen molar-refractivity contribution < 1.29 is 0 Å². The number of benzene rings is 1. The first-order valence-corrected chi connectivity index (χ1v) is 7.33. The van der Waals surface area contributed by atoms with Gasteiger partial charge in [-0.1, -0.05) is 29.8 Å². The molecule has 0 spiro atoms. The largest absolute Gasteiger partial charge is 0.393 e. The number of nitrogens with one attached hydrogen (secondary N) is 2. The van der Waals surface area contributed by atoms with Gasteiger partial charge in [0, 0.05) is 6.20 Å². The zero-order chi connectivity index (χ0) is 16.2. The molecule has 0 saturated heterocycles. The molecule has 2 heterocycles. The van der Waals surface area contributed by atoms with Crippen LogP contribution < -0.4 is 16.4 Å². The Hall–Kier alpha value is -2.86. The minimum atomic E-state index is 0.387. The fraction of sp³-hybridized carbons (Fsp3) is 0.0625. The maximum Gasteiger partial charge on any atom is 0.160 e. The predicted molar refractivity (Wildman–Crippen MR) is 93.4 cm³/mol. The lowest BCUT2D eigenvalue weighted by Crippen LogP contribution is -2.06. The van der Waals surface area contributed by atoms with Crippen molar-refractivity contribution in [3.05, 3.63) is 59.5 Å². The monoisotopic (exact) mass is 326 g/mol. The number of pyridine rings is 1. The zero-order valence-electron chi connectivity index (χ0n) is 12.4. The predicted octanol–water partition coefficient (Wildman–Crippen LogP) is 3.90. The lowest BCUT2D eigenvalue weighted by Gasteiger charge is -2.13. The Morgan fingerprint density at radius 3 is 2.39 bits per heavy atom. The molecular formula is C16H15ClN6. The smallest absolute Gasteiger partial charge is 0.160 e. The summed E-state index contributed by atoms with van der Waals surface area (Å²) in [6, 6.07) is 11.2. The molecule has 0 aliphatic carbocycles. The first kappa shape index (κ1) is 15.1. The van der Waals surface area contributed by atoms with E-state index in [2.05, 4.69) is 25.6 Å². The summed E-state index contributed by atoms with van der Waals surface area (Å²) < 4.78 is 0. The summed E-state index contributed by atoms with van der Waals surface area (Å²) in [6.07, 6.45) is 3.13. The molecule has 23 heavy (non-hydrogen) atoms. The van der Waals surface area contributed by atoms with Crippen molar-refractivity contribution in [1.29, 1.82) is 0 Å². The maximum absolute atomic E-state index is 6.16. The van der Waals surface area contributed by atoms with Crippen LogP contribution in [0.3, 0.4) is 0 Å². The number of nitrogen functional groups attached to an aromatic ring is 1. The fourth-order valence-corrected chi connectivity index (χ4v) is 2.20. The molecule has 116 valence electrons. The van der Waals surface area contributed by atoms with Gasteiger partial charge in [0.1, 0.15) is 17.8 Å². The molecule has 1 aromatic carbocycles. The lowest BCUT2D eigenvalue weighted by molar-refractivity contribution is 1.15. The van der Waals surface area contributed by atoms with Gasteiger partial charge in [-0.2, -0.15) is 0 Å². The molecule has 3 rings (SSSR count).